The number of aromatic nitrogens is 4. The molecule has 0 aliphatic heterocycles. The molecule has 0 saturated heterocycles. The van der Waals surface area contributed by atoms with Gasteiger partial charge in [-0.25, -0.2) is 9.78 Å². The lowest BCUT2D eigenvalue weighted by molar-refractivity contribution is -0.113. The van der Waals surface area contributed by atoms with E-state index < -0.39 is 11.2 Å². The highest BCUT2D eigenvalue weighted by molar-refractivity contribution is 7.99. The Kier molecular flexibility index (Phi) is 6.44. The highest BCUT2D eigenvalue weighted by Gasteiger charge is 2.20. The molecule has 1 amide bonds. The molecule has 170 valence electrons. The van der Waals surface area contributed by atoms with E-state index in [-0.39, 0.29) is 29.4 Å². The molecule has 2 aromatic heterocycles. The summed E-state index contributed by atoms with van der Waals surface area (Å²) in [6.45, 7) is 1.97. The number of carbonyl (C=O) groups excluding carboxylic acids is 1. The molecule has 0 aliphatic rings. The van der Waals surface area contributed by atoms with Crippen LogP contribution >= 0.6 is 23.4 Å². The van der Waals surface area contributed by atoms with Crippen molar-refractivity contribution in [2.24, 2.45) is 14.1 Å². The van der Waals surface area contributed by atoms with Crippen LogP contribution in [0, 0.1) is 6.92 Å². The third-order valence-electron chi connectivity index (χ3n) is 5.36. The molecule has 4 rings (SSSR count). The van der Waals surface area contributed by atoms with Crippen molar-refractivity contribution in [3.8, 4) is 0 Å². The first-order valence-electron chi connectivity index (χ1n) is 10.2. The Balaban J connectivity index is 1.64. The minimum absolute atomic E-state index is 0.0492. The number of imidazole rings is 1. The summed E-state index contributed by atoms with van der Waals surface area (Å²) in [6.07, 6.45) is 0. The van der Waals surface area contributed by atoms with E-state index in [4.69, 9.17) is 11.6 Å². The Morgan fingerprint density at radius 2 is 1.76 bits per heavy atom. The van der Waals surface area contributed by atoms with Crippen molar-refractivity contribution in [1.29, 1.82) is 0 Å². The Hall–Kier alpha value is -3.30. The van der Waals surface area contributed by atoms with Gasteiger partial charge in [0.2, 0.25) is 5.91 Å². The number of nitrogens with one attached hydrogen (secondary N) is 1. The lowest BCUT2D eigenvalue weighted by Crippen LogP contribution is -2.39. The third kappa shape index (κ3) is 4.46. The van der Waals surface area contributed by atoms with E-state index in [9.17, 15) is 14.4 Å². The second kappa shape index (κ2) is 9.29. The lowest BCUT2D eigenvalue weighted by atomic mass is 10.2. The number of anilines is 1. The number of nitrogens with zero attached hydrogens (tertiary/aromatic N) is 4. The minimum atomic E-state index is -0.487. The molecule has 0 aliphatic carbocycles. The first kappa shape index (κ1) is 22.9. The van der Waals surface area contributed by atoms with Gasteiger partial charge in [0.05, 0.1) is 12.3 Å². The normalized spacial score (nSPS) is 11.2. The van der Waals surface area contributed by atoms with Crippen LogP contribution in [0.3, 0.4) is 0 Å². The summed E-state index contributed by atoms with van der Waals surface area (Å²) in [5.41, 5.74) is 1.99. The second-order valence-corrected chi connectivity index (χ2v) is 8.95. The zero-order valence-corrected chi connectivity index (χ0v) is 19.9. The van der Waals surface area contributed by atoms with Crippen molar-refractivity contribution >= 4 is 46.1 Å². The zero-order chi connectivity index (χ0) is 23.7. The lowest BCUT2D eigenvalue weighted by Gasteiger charge is -2.10. The number of benzene rings is 2. The second-order valence-electron chi connectivity index (χ2n) is 7.60. The van der Waals surface area contributed by atoms with Crippen LogP contribution in [-0.4, -0.2) is 30.3 Å². The minimum Gasteiger partial charge on any atom is -0.325 e. The van der Waals surface area contributed by atoms with Crippen molar-refractivity contribution in [1.82, 2.24) is 18.7 Å². The first-order valence-corrected chi connectivity index (χ1v) is 11.5. The van der Waals surface area contributed by atoms with Gasteiger partial charge in [-0.15, -0.1) is 0 Å². The number of hydrogen-bond acceptors (Lipinski definition) is 5. The van der Waals surface area contributed by atoms with Gasteiger partial charge in [0.15, 0.2) is 16.3 Å². The summed E-state index contributed by atoms with van der Waals surface area (Å²) in [4.78, 5) is 43.0. The van der Waals surface area contributed by atoms with Gasteiger partial charge in [0.25, 0.3) is 5.56 Å². The molecule has 33 heavy (non-hydrogen) atoms. The summed E-state index contributed by atoms with van der Waals surface area (Å²) >= 11 is 7.42. The molecule has 1 N–H and O–H groups in total. The highest BCUT2D eigenvalue weighted by atomic mass is 35.5. The van der Waals surface area contributed by atoms with Crippen LogP contribution in [0.25, 0.3) is 11.2 Å². The number of fused-ring (bicyclic) bond motifs is 1. The predicted molar refractivity (Wildman–Crippen MR) is 131 cm³/mol. The van der Waals surface area contributed by atoms with Gasteiger partial charge in [-0.05, 0) is 30.2 Å². The Morgan fingerprint density at radius 3 is 2.48 bits per heavy atom. The van der Waals surface area contributed by atoms with Crippen LogP contribution < -0.4 is 16.6 Å². The summed E-state index contributed by atoms with van der Waals surface area (Å²) in [5, 5.41) is 3.82. The van der Waals surface area contributed by atoms with Crippen molar-refractivity contribution in [2.75, 3.05) is 11.1 Å². The summed E-state index contributed by atoms with van der Waals surface area (Å²) in [5.74, 6) is -0.0841. The molecule has 0 saturated carbocycles. The smallest absolute Gasteiger partial charge is 0.325 e. The molecular weight excluding hydrogens is 462 g/mol. The molecule has 2 heterocycles. The Bertz CT molecular complexity index is 1490. The molecule has 0 unspecified atom stereocenters. The van der Waals surface area contributed by atoms with E-state index in [0.29, 0.717) is 15.7 Å². The van der Waals surface area contributed by atoms with Crippen LogP contribution in [0.1, 0.15) is 11.1 Å². The number of para-hydroxylation sites is 1. The maximum absolute atomic E-state index is 13.2. The molecule has 4 aromatic rings. The maximum atomic E-state index is 13.2. The zero-order valence-electron chi connectivity index (χ0n) is 18.3. The molecular formula is C23H22ClN5O3S. The van der Waals surface area contributed by atoms with Gasteiger partial charge in [0, 0.05) is 24.8 Å². The molecule has 0 fully saturated rings. The predicted octanol–water partition coefficient (Wildman–Crippen LogP) is 3.17. The fourth-order valence-electron chi connectivity index (χ4n) is 3.52. The molecule has 10 heteroatoms. The van der Waals surface area contributed by atoms with Gasteiger partial charge in [-0.1, -0.05) is 59.8 Å². The maximum Gasteiger partial charge on any atom is 0.332 e. The number of halogens is 1. The van der Waals surface area contributed by atoms with Crippen LogP contribution in [0.15, 0.2) is 63.3 Å². The van der Waals surface area contributed by atoms with E-state index in [1.807, 2.05) is 31.2 Å². The Morgan fingerprint density at radius 1 is 1.06 bits per heavy atom. The fraction of sp³-hybridized carbons (Fsp3) is 0.217. The van der Waals surface area contributed by atoms with Crippen molar-refractivity contribution < 1.29 is 4.79 Å². The van der Waals surface area contributed by atoms with E-state index in [1.54, 1.807) is 42.9 Å². The number of thioether (sulfide) groups is 1. The largest absolute Gasteiger partial charge is 0.332 e. The number of rotatable bonds is 6. The summed E-state index contributed by atoms with van der Waals surface area (Å²) in [7, 11) is 3.27. The number of amides is 1. The first-order chi connectivity index (χ1) is 15.8. The topological polar surface area (TPSA) is 90.9 Å². The standard InChI is InChI=1S/C23H22ClN5O3S/c1-14-8-4-7-11-17(14)25-18(30)13-33-22-26-20-19(27(22)2)21(31)29(23(32)28(20)3)12-15-9-5-6-10-16(15)24/h4-11H,12-13H2,1-3H3,(H,25,30). The van der Waals surface area contributed by atoms with Crippen molar-refractivity contribution in [2.45, 2.75) is 18.6 Å². The molecule has 0 radical (unpaired) electrons. The van der Waals surface area contributed by atoms with Crippen LogP contribution in [0.5, 0.6) is 0 Å². The number of carbonyl (C=O) groups is 1. The number of hydrogen-bond donors (Lipinski definition) is 1. The van der Waals surface area contributed by atoms with Crippen molar-refractivity contribution in [3.05, 3.63) is 85.5 Å². The molecule has 8 nitrogen and oxygen atoms in total. The van der Waals surface area contributed by atoms with E-state index >= 15 is 0 Å². The molecule has 0 bridgehead atoms. The summed E-state index contributed by atoms with van der Waals surface area (Å²) < 4.78 is 4.10. The summed E-state index contributed by atoms with van der Waals surface area (Å²) in [6, 6.07) is 14.6. The van der Waals surface area contributed by atoms with E-state index in [0.717, 1.165) is 15.8 Å². The quantitative estimate of drug-likeness (QED) is 0.425. The third-order valence-corrected chi connectivity index (χ3v) is 6.76. The highest BCUT2D eigenvalue weighted by Crippen LogP contribution is 2.21. The van der Waals surface area contributed by atoms with Gasteiger partial charge in [0.1, 0.15) is 0 Å². The van der Waals surface area contributed by atoms with Gasteiger partial charge < -0.3 is 9.88 Å². The SMILES string of the molecule is Cc1ccccc1NC(=O)CSc1nc2c(c(=O)n(Cc3ccccc3Cl)c(=O)n2C)n1C. The van der Waals surface area contributed by atoms with E-state index in [2.05, 4.69) is 10.3 Å². The van der Waals surface area contributed by atoms with Gasteiger partial charge >= 0.3 is 5.69 Å². The fourth-order valence-corrected chi connectivity index (χ4v) is 4.48. The average molecular weight is 484 g/mol. The van der Waals surface area contributed by atoms with Gasteiger partial charge in [-0.2, -0.15) is 0 Å². The molecule has 0 atom stereocenters. The Labute approximate surface area is 198 Å². The van der Waals surface area contributed by atoms with E-state index in [1.165, 1.54) is 16.3 Å². The monoisotopic (exact) mass is 483 g/mol. The van der Waals surface area contributed by atoms with Crippen molar-refractivity contribution in [3.63, 3.8) is 0 Å². The van der Waals surface area contributed by atoms with Crippen LogP contribution in [0.4, 0.5) is 5.69 Å². The van der Waals surface area contributed by atoms with Crippen LogP contribution in [0.2, 0.25) is 5.02 Å². The molecule has 0 spiro atoms. The van der Waals surface area contributed by atoms with Crippen LogP contribution in [-0.2, 0) is 25.4 Å². The van der Waals surface area contributed by atoms with Gasteiger partial charge in [-0.3, -0.25) is 18.7 Å². The molecule has 2 aromatic carbocycles. The number of aryl methyl sites for hydroxylation is 3. The average Bonchev–Trinajstić information content (AvgIpc) is 3.13.